The van der Waals surface area contributed by atoms with Gasteiger partial charge in [0.15, 0.2) is 11.4 Å². The van der Waals surface area contributed by atoms with Crippen molar-refractivity contribution < 1.29 is 34.8 Å². The molecule has 0 radical (unpaired) electrons. The third kappa shape index (κ3) is 3.26. The maximum Gasteiger partial charge on any atom is 0.255 e. The second-order valence-corrected chi connectivity index (χ2v) is 9.78. The number of phenols is 1. The van der Waals surface area contributed by atoms with E-state index in [2.05, 4.69) is 9.97 Å². The summed E-state index contributed by atoms with van der Waals surface area (Å²) in [5.41, 5.74) is 8.84. The van der Waals surface area contributed by atoms with E-state index in [-0.39, 0.29) is 35.7 Å². The maximum atomic E-state index is 13.8. The van der Waals surface area contributed by atoms with Gasteiger partial charge in [-0.05, 0) is 50.0 Å². The predicted octanol–water partition coefficient (Wildman–Crippen LogP) is 0.00320. The molecule has 12 nitrogen and oxygen atoms in total. The van der Waals surface area contributed by atoms with E-state index in [0.717, 1.165) is 0 Å². The third-order valence-corrected chi connectivity index (χ3v) is 7.59. The summed E-state index contributed by atoms with van der Waals surface area (Å²) < 4.78 is 0. The van der Waals surface area contributed by atoms with E-state index in [1.54, 1.807) is 20.2 Å². The van der Waals surface area contributed by atoms with Crippen LogP contribution in [0.2, 0.25) is 0 Å². The number of aromatic nitrogens is 2. The number of hydrogen-bond donors (Lipinski definition) is 6. The van der Waals surface area contributed by atoms with Gasteiger partial charge in [-0.1, -0.05) is 6.07 Å². The van der Waals surface area contributed by atoms with Crippen LogP contribution in [-0.2, 0) is 20.8 Å². The Morgan fingerprint density at radius 1 is 1.14 bits per heavy atom. The summed E-state index contributed by atoms with van der Waals surface area (Å²) in [5.74, 6) is -6.90. The maximum absolute atomic E-state index is 13.8. The molecular weight excluding hydrogens is 482 g/mol. The fourth-order valence-corrected chi connectivity index (χ4v) is 5.99. The number of primary amides is 1. The highest BCUT2D eigenvalue weighted by molar-refractivity contribution is 6.24. The number of fused-ring (bicyclic) bond motifs is 3. The average molecular weight is 508 g/mol. The van der Waals surface area contributed by atoms with Gasteiger partial charge in [-0.2, -0.15) is 0 Å². The average Bonchev–Trinajstić information content (AvgIpc) is 2.82. The second kappa shape index (κ2) is 8.11. The summed E-state index contributed by atoms with van der Waals surface area (Å²) in [7, 11) is 3.09. The highest BCUT2D eigenvalue weighted by atomic mass is 16.3. The fraction of sp³-hybridized carbons (Fsp3) is 0.320. The number of aromatic hydroxyl groups is 1. The molecule has 4 atom stereocenters. The largest absolute Gasteiger partial charge is 0.508 e. The number of carbonyl (C=O) groups excluding carboxylic acids is 3. The standard InChI is InChI=1S/C25H25N5O7/c1-30(2)18-13-6-9-5-12-11(10-7-28-24(27)29-8-10)3-4-14(31)16(12)19(32)15(9)21(34)25(13,37)22(35)17(20(18)33)23(26)36/h3-4,7-9,13,18,31-32,35,37H,5-6H2,1-2H3,(H2,26,36)(H2,27,28,29)/t9-,13-,18-,25-/m1/s1. The minimum Gasteiger partial charge on any atom is -0.508 e. The minimum absolute atomic E-state index is 0.000897. The van der Waals surface area contributed by atoms with E-state index in [4.69, 9.17) is 11.5 Å². The van der Waals surface area contributed by atoms with Crippen molar-refractivity contribution in [3.05, 3.63) is 52.6 Å². The van der Waals surface area contributed by atoms with E-state index in [0.29, 0.717) is 16.7 Å². The molecule has 3 aliphatic rings. The number of carbonyl (C=O) groups is 3. The lowest BCUT2D eigenvalue weighted by Gasteiger charge is -2.50. The quantitative estimate of drug-likeness (QED) is 0.304. The van der Waals surface area contributed by atoms with Crippen LogP contribution in [-0.4, -0.2) is 78.5 Å². The van der Waals surface area contributed by atoms with Gasteiger partial charge in [0, 0.05) is 29.4 Å². The molecule has 1 aromatic heterocycles. The zero-order chi connectivity index (χ0) is 27.0. The summed E-state index contributed by atoms with van der Waals surface area (Å²) >= 11 is 0. The number of rotatable bonds is 3. The molecule has 37 heavy (non-hydrogen) atoms. The zero-order valence-electron chi connectivity index (χ0n) is 20.0. The number of nitrogens with two attached hydrogens (primary N) is 2. The number of hydrogen-bond acceptors (Lipinski definition) is 11. The SMILES string of the molecule is CN(C)[C@H]1C(=O)C(C(N)=O)=C(O)[C@]2(O)C(=O)C3=C(O)c4c(O)ccc(-c5cnc(N)nc5)c4C[C@@H]3C[C@H]12. The van der Waals surface area contributed by atoms with Gasteiger partial charge < -0.3 is 31.9 Å². The van der Waals surface area contributed by atoms with E-state index in [9.17, 15) is 34.8 Å². The molecule has 2 aromatic rings. The van der Waals surface area contributed by atoms with Crippen molar-refractivity contribution in [1.82, 2.24) is 14.9 Å². The van der Waals surface area contributed by atoms with Crippen molar-refractivity contribution in [1.29, 1.82) is 0 Å². The van der Waals surface area contributed by atoms with Gasteiger partial charge in [-0.3, -0.25) is 19.3 Å². The van der Waals surface area contributed by atoms with Crippen LogP contribution in [0, 0.1) is 11.8 Å². The molecule has 0 bridgehead atoms. The Hall–Kier alpha value is -4.29. The second-order valence-electron chi connectivity index (χ2n) is 9.78. The number of anilines is 1. The van der Waals surface area contributed by atoms with Crippen molar-refractivity contribution in [3.8, 4) is 16.9 Å². The Bertz CT molecular complexity index is 1450. The lowest BCUT2D eigenvalue weighted by Crippen LogP contribution is -2.65. The Labute approximate surface area is 210 Å². The molecular formula is C25H25N5O7. The van der Waals surface area contributed by atoms with Crippen molar-refractivity contribution >= 4 is 29.2 Å². The van der Waals surface area contributed by atoms with Crippen LogP contribution in [0.5, 0.6) is 5.75 Å². The van der Waals surface area contributed by atoms with Gasteiger partial charge in [0.2, 0.25) is 11.7 Å². The monoisotopic (exact) mass is 507 g/mol. The number of benzene rings is 1. The van der Waals surface area contributed by atoms with Gasteiger partial charge in [-0.25, -0.2) is 9.97 Å². The summed E-state index contributed by atoms with van der Waals surface area (Å²) in [5, 5.41) is 44.4. The molecule has 1 aromatic carbocycles. The Kier molecular flexibility index (Phi) is 5.35. The first-order valence-corrected chi connectivity index (χ1v) is 11.5. The third-order valence-electron chi connectivity index (χ3n) is 7.59. The van der Waals surface area contributed by atoms with Crippen LogP contribution in [0.15, 0.2) is 41.4 Å². The summed E-state index contributed by atoms with van der Waals surface area (Å²) in [6.07, 6.45) is 3.14. The minimum atomic E-state index is -2.68. The zero-order valence-corrected chi connectivity index (χ0v) is 20.0. The van der Waals surface area contributed by atoms with Crippen molar-refractivity contribution in [2.45, 2.75) is 24.5 Å². The van der Waals surface area contributed by atoms with Crippen molar-refractivity contribution in [3.63, 3.8) is 0 Å². The van der Waals surface area contributed by atoms with Gasteiger partial charge >= 0.3 is 0 Å². The highest BCUT2D eigenvalue weighted by Gasteiger charge is 2.64. The molecule has 1 saturated carbocycles. The predicted molar refractivity (Wildman–Crippen MR) is 130 cm³/mol. The van der Waals surface area contributed by atoms with Crippen LogP contribution in [0.3, 0.4) is 0 Å². The molecule has 0 saturated heterocycles. The van der Waals surface area contributed by atoms with Crippen LogP contribution in [0.1, 0.15) is 17.5 Å². The number of ketones is 2. The van der Waals surface area contributed by atoms with E-state index in [1.165, 1.54) is 23.4 Å². The van der Waals surface area contributed by atoms with Crippen molar-refractivity contribution in [2.24, 2.45) is 17.6 Å². The van der Waals surface area contributed by atoms with Crippen LogP contribution < -0.4 is 11.5 Å². The lowest BCUT2D eigenvalue weighted by atomic mass is 9.57. The Morgan fingerprint density at radius 2 is 1.78 bits per heavy atom. The Balaban J connectivity index is 1.74. The first kappa shape index (κ1) is 24.4. The molecule has 0 aliphatic heterocycles. The highest BCUT2D eigenvalue weighted by Crippen LogP contribution is 2.53. The van der Waals surface area contributed by atoms with Gasteiger partial charge in [0.1, 0.15) is 22.8 Å². The first-order valence-electron chi connectivity index (χ1n) is 11.5. The fourth-order valence-electron chi connectivity index (χ4n) is 5.99. The molecule has 12 heteroatoms. The van der Waals surface area contributed by atoms with E-state index in [1.807, 2.05) is 0 Å². The lowest BCUT2D eigenvalue weighted by molar-refractivity contribution is -0.153. The summed E-state index contributed by atoms with van der Waals surface area (Å²) in [6.45, 7) is 0. The number of nitrogens with zero attached hydrogens (tertiary/aromatic N) is 3. The van der Waals surface area contributed by atoms with Gasteiger partial charge in [-0.15, -0.1) is 0 Å². The van der Waals surface area contributed by atoms with Crippen LogP contribution >= 0.6 is 0 Å². The number of phenolic OH excluding ortho intramolecular Hbond substituents is 1. The van der Waals surface area contributed by atoms with Gasteiger partial charge in [0.05, 0.1) is 11.6 Å². The molecule has 8 N–H and O–H groups in total. The molecule has 0 spiro atoms. The molecule has 1 amide bonds. The smallest absolute Gasteiger partial charge is 0.255 e. The first-order chi connectivity index (χ1) is 17.4. The van der Waals surface area contributed by atoms with E-state index >= 15 is 0 Å². The number of aliphatic hydroxyl groups is 3. The number of aliphatic hydroxyl groups excluding tert-OH is 2. The van der Waals surface area contributed by atoms with Crippen molar-refractivity contribution in [2.75, 3.05) is 19.8 Å². The summed E-state index contributed by atoms with van der Waals surface area (Å²) in [6, 6.07) is 1.82. The molecule has 0 unspecified atom stereocenters. The van der Waals surface area contributed by atoms with E-state index < -0.39 is 58.0 Å². The van der Waals surface area contributed by atoms with Crippen LogP contribution in [0.4, 0.5) is 5.95 Å². The normalized spacial score (nSPS) is 27.2. The number of nitrogen functional groups attached to an aromatic ring is 1. The number of Topliss-reactive ketones (excluding diaryl/α,β-unsaturated/α-hetero) is 2. The molecule has 3 aliphatic carbocycles. The summed E-state index contributed by atoms with van der Waals surface area (Å²) in [4.78, 5) is 48.5. The molecule has 5 rings (SSSR count). The van der Waals surface area contributed by atoms with Gasteiger partial charge in [0.25, 0.3) is 5.91 Å². The van der Waals surface area contributed by atoms with Crippen LogP contribution in [0.25, 0.3) is 16.9 Å². The number of likely N-dealkylation sites (N-methyl/N-ethyl adjacent to an activating group) is 1. The topological polar surface area (TPSA) is 213 Å². The molecule has 1 heterocycles. The molecule has 192 valence electrons. The Morgan fingerprint density at radius 3 is 2.38 bits per heavy atom. The molecule has 1 fully saturated rings. The number of amides is 1.